The van der Waals surface area contributed by atoms with E-state index in [9.17, 15) is 14.7 Å². The van der Waals surface area contributed by atoms with E-state index in [1.807, 2.05) is 11.8 Å². The number of aliphatic carboxylic acids is 1. The Kier molecular flexibility index (Phi) is 5.31. The minimum absolute atomic E-state index is 0.218. The van der Waals surface area contributed by atoms with Gasteiger partial charge < -0.3 is 15.3 Å². The van der Waals surface area contributed by atoms with Gasteiger partial charge >= 0.3 is 12.0 Å². The summed E-state index contributed by atoms with van der Waals surface area (Å²) in [6.07, 6.45) is 1.75. The minimum atomic E-state index is -1.14. The van der Waals surface area contributed by atoms with Crippen molar-refractivity contribution in [3.63, 3.8) is 0 Å². The lowest BCUT2D eigenvalue weighted by Gasteiger charge is -2.32. The molecule has 0 aliphatic carbocycles. The van der Waals surface area contributed by atoms with Crippen molar-refractivity contribution in [2.45, 2.75) is 44.7 Å². The van der Waals surface area contributed by atoms with E-state index < -0.39 is 11.5 Å². The van der Waals surface area contributed by atoms with Crippen LogP contribution in [-0.4, -0.2) is 52.1 Å². The summed E-state index contributed by atoms with van der Waals surface area (Å²) >= 11 is 1.83. The second-order valence-electron chi connectivity index (χ2n) is 4.65. The highest BCUT2D eigenvalue weighted by Gasteiger charge is 2.38. The standard InChI is InChI=1S/C12H22N2O3S/c1-4-12(5-2,10(15)16)13-11(17)14(3)9-6-7-18-8-9/h9H,4-8H2,1-3H3,(H,13,17)(H,15,16). The van der Waals surface area contributed by atoms with Crippen LogP contribution in [0.5, 0.6) is 0 Å². The van der Waals surface area contributed by atoms with Crippen LogP contribution in [0.2, 0.25) is 0 Å². The Hall–Kier alpha value is -0.910. The summed E-state index contributed by atoms with van der Waals surface area (Å²) < 4.78 is 0. The molecule has 0 bridgehead atoms. The van der Waals surface area contributed by atoms with E-state index >= 15 is 0 Å². The first-order valence-corrected chi connectivity index (χ1v) is 7.48. The number of urea groups is 1. The van der Waals surface area contributed by atoms with Gasteiger partial charge in [-0.2, -0.15) is 11.8 Å². The predicted molar refractivity (Wildman–Crippen MR) is 73.0 cm³/mol. The fourth-order valence-electron chi connectivity index (χ4n) is 2.07. The number of nitrogens with zero attached hydrogens (tertiary/aromatic N) is 1. The second-order valence-corrected chi connectivity index (χ2v) is 5.80. The average Bonchev–Trinajstić information content (AvgIpc) is 2.88. The van der Waals surface area contributed by atoms with E-state index in [4.69, 9.17) is 0 Å². The lowest BCUT2D eigenvalue weighted by atomic mass is 9.93. The summed E-state index contributed by atoms with van der Waals surface area (Å²) in [6, 6.07) is -0.0659. The van der Waals surface area contributed by atoms with Crippen molar-refractivity contribution >= 4 is 23.8 Å². The van der Waals surface area contributed by atoms with Crippen LogP contribution in [0.1, 0.15) is 33.1 Å². The highest BCUT2D eigenvalue weighted by molar-refractivity contribution is 7.99. The molecule has 2 amide bonds. The molecule has 1 aliphatic heterocycles. The third-order valence-electron chi connectivity index (χ3n) is 3.74. The summed E-state index contributed by atoms with van der Waals surface area (Å²) in [6.45, 7) is 3.56. The average molecular weight is 274 g/mol. The van der Waals surface area contributed by atoms with Gasteiger partial charge in [-0.05, 0) is 25.0 Å². The molecule has 0 saturated carbocycles. The van der Waals surface area contributed by atoms with Crippen LogP contribution in [0.25, 0.3) is 0 Å². The van der Waals surface area contributed by atoms with Crippen LogP contribution in [-0.2, 0) is 4.79 Å². The molecule has 0 aromatic carbocycles. The number of carboxylic acid groups (broad SMARTS) is 1. The number of carboxylic acids is 1. The van der Waals surface area contributed by atoms with Gasteiger partial charge in [-0.25, -0.2) is 9.59 Å². The smallest absolute Gasteiger partial charge is 0.329 e. The number of amides is 2. The monoisotopic (exact) mass is 274 g/mol. The van der Waals surface area contributed by atoms with Gasteiger partial charge in [0.15, 0.2) is 0 Å². The summed E-state index contributed by atoms with van der Waals surface area (Å²) in [7, 11) is 1.74. The maximum atomic E-state index is 12.1. The third-order valence-corrected chi connectivity index (χ3v) is 4.88. The molecule has 0 aromatic heterocycles. The summed E-state index contributed by atoms with van der Waals surface area (Å²) in [4.78, 5) is 25.1. The molecule has 1 heterocycles. The molecule has 1 unspecified atom stereocenters. The van der Waals surface area contributed by atoms with Crippen molar-refractivity contribution in [1.29, 1.82) is 0 Å². The Morgan fingerprint density at radius 1 is 1.44 bits per heavy atom. The van der Waals surface area contributed by atoms with Crippen molar-refractivity contribution in [2.75, 3.05) is 18.6 Å². The van der Waals surface area contributed by atoms with Crippen molar-refractivity contribution in [1.82, 2.24) is 10.2 Å². The Morgan fingerprint density at radius 3 is 2.44 bits per heavy atom. The first kappa shape index (κ1) is 15.1. The Bertz CT molecular complexity index is 312. The van der Waals surface area contributed by atoms with Crippen LogP contribution in [0, 0.1) is 0 Å². The van der Waals surface area contributed by atoms with E-state index in [0.29, 0.717) is 12.8 Å². The second kappa shape index (κ2) is 6.31. The van der Waals surface area contributed by atoms with E-state index in [0.717, 1.165) is 17.9 Å². The van der Waals surface area contributed by atoms with Gasteiger partial charge in [-0.3, -0.25) is 0 Å². The van der Waals surface area contributed by atoms with E-state index in [1.165, 1.54) is 0 Å². The predicted octanol–water partition coefficient (Wildman–Crippen LogP) is 1.78. The molecule has 5 nitrogen and oxygen atoms in total. The van der Waals surface area contributed by atoms with Gasteiger partial charge in [0.2, 0.25) is 0 Å². The fraction of sp³-hybridized carbons (Fsp3) is 0.833. The molecular weight excluding hydrogens is 252 g/mol. The van der Waals surface area contributed by atoms with Crippen molar-refractivity contribution < 1.29 is 14.7 Å². The zero-order chi connectivity index (χ0) is 13.8. The first-order chi connectivity index (χ1) is 8.46. The van der Waals surface area contributed by atoms with Crippen LogP contribution in [0.3, 0.4) is 0 Å². The number of hydrogen-bond acceptors (Lipinski definition) is 3. The Balaban J connectivity index is 2.68. The maximum absolute atomic E-state index is 12.1. The Morgan fingerprint density at radius 2 is 2.06 bits per heavy atom. The number of hydrogen-bond donors (Lipinski definition) is 2. The molecular formula is C12H22N2O3S. The number of rotatable bonds is 5. The molecule has 0 aromatic rings. The number of carbonyl (C=O) groups is 2. The van der Waals surface area contributed by atoms with Gasteiger partial charge in [0.25, 0.3) is 0 Å². The molecule has 104 valence electrons. The zero-order valence-corrected chi connectivity index (χ0v) is 12.0. The van der Waals surface area contributed by atoms with Crippen molar-refractivity contribution in [3.05, 3.63) is 0 Å². The topological polar surface area (TPSA) is 69.6 Å². The van der Waals surface area contributed by atoms with Crippen LogP contribution in [0.15, 0.2) is 0 Å². The van der Waals surface area contributed by atoms with Crippen LogP contribution < -0.4 is 5.32 Å². The summed E-state index contributed by atoms with van der Waals surface area (Å²) in [5.74, 6) is 1.03. The lowest BCUT2D eigenvalue weighted by Crippen LogP contribution is -2.58. The lowest BCUT2D eigenvalue weighted by molar-refractivity contribution is -0.144. The molecule has 0 radical (unpaired) electrons. The van der Waals surface area contributed by atoms with Gasteiger partial charge in [0.05, 0.1) is 0 Å². The number of thioether (sulfide) groups is 1. The van der Waals surface area contributed by atoms with E-state index in [-0.39, 0.29) is 12.1 Å². The van der Waals surface area contributed by atoms with Crippen LogP contribution >= 0.6 is 11.8 Å². The quantitative estimate of drug-likeness (QED) is 0.801. The summed E-state index contributed by atoms with van der Waals surface area (Å²) in [5.41, 5.74) is -1.14. The molecule has 1 atom stereocenters. The minimum Gasteiger partial charge on any atom is -0.480 e. The molecule has 1 aliphatic rings. The van der Waals surface area contributed by atoms with Crippen molar-refractivity contribution in [3.8, 4) is 0 Å². The van der Waals surface area contributed by atoms with Crippen molar-refractivity contribution in [2.24, 2.45) is 0 Å². The fourth-order valence-corrected chi connectivity index (χ4v) is 3.34. The van der Waals surface area contributed by atoms with Gasteiger partial charge in [0, 0.05) is 18.8 Å². The van der Waals surface area contributed by atoms with Gasteiger partial charge in [-0.1, -0.05) is 13.8 Å². The molecule has 18 heavy (non-hydrogen) atoms. The largest absolute Gasteiger partial charge is 0.480 e. The summed E-state index contributed by atoms with van der Waals surface area (Å²) in [5, 5.41) is 12.0. The molecule has 1 saturated heterocycles. The highest BCUT2D eigenvalue weighted by atomic mass is 32.2. The molecule has 1 rings (SSSR count). The van der Waals surface area contributed by atoms with Gasteiger partial charge in [0.1, 0.15) is 5.54 Å². The normalized spacial score (nSPS) is 19.6. The maximum Gasteiger partial charge on any atom is 0.329 e. The first-order valence-electron chi connectivity index (χ1n) is 6.33. The third kappa shape index (κ3) is 3.10. The number of carbonyl (C=O) groups excluding carboxylic acids is 1. The molecule has 0 spiro atoms. The number of nitrogens with one attached hydrogen (secondary N) is 1. The highest BCUT2D eigenvalue weighted by Crippen LogP contribution is 2.22. The SMILES string of the molecule is CCC(CC)(NC(=O)N(C)C1CCSC1)C(=O)O. The molecule has 6 heteroatoms. The zero-order valence-electron chi connectivity index (χ0n) is 11.2. The van der Waals surface area contributed by atoms with E-state index in [2.05, 4.69) is 5.32 Å². The van der Waals surface area contributed by atoms with Gasteiger partial charge in [-0.15, -0.1) is 0 Å². The molecule has 2 N–H and O–H groups in total. The van der Waals surface area contributed by atoms with E-state index in [1.54, 1.807) is 25.8 Å². The van der Waals surface area contributed by atoms with Crippen LogP contribution in [0.4, 0.5) is 4.79 Å². The Labute approximate surface area is 112 Å². The molecule has 1 fully saturated rings.